The summed E-state index contributed by atoms with van der Waals surface area (Å²) >= 11 is 0. The van der Waals surface area contributed by atoms with Crippen molar-refractivity contribution in [2.24, 2.45) is 5.73 Å². The van der Waals surface area contributed by atoms with Crippen LogP contribution in [-0.2, 0) is 14.9 Å². The lowest BCUT2D eigenvalue weighted by Gasteiger charge is -2.31. The topological polar surface area (TPSA) is 110 Å². The highest BCUT2D eigenvalue weighted by molar-refractivity contribution is 7.86. The van der Waals surface area contributed by atoms with Gasteiger partial charge in [-0.15, -0.1) is 0 Å². The maximum absolute atomic E-state index is 12.1. The van der Waals surface area contributed by atoms with E-state index in [0.29, 0.717) is 0 Å². The number of hydrogen-bond donors (Lipinski definition) is 2. The number of carbonyl (C=O) groups is 1. The third-order valence-electron chi connectivity index (χ3n) is 2.97. The van der Waals surface area contributed by atoms with Gasteiger partial charge in [-0.2, -0.15) is 17.2 Å². The minimum Gasteiger partial charge on any atom is -0.435 e. The number of allylic oxidation sites excluding steroid dienone is 2. The number of anilines is 1. The van der Waals surface area contributed by atoms with Crippen LogP contribution in [0.5, 0.6) is 5.75 Å². The Kier molecular flexibility index (Phi) is 4.66. The van der Waals surface area contributed by atoms with Gasteiger partial charge in [-0.1, -0.05) is 0 Å². The van der Waals surface area contributed by atoms with Gasteiger partial charge >= 0.3 is 6.61 Å². The Labute approximate surface area is 130 Å². The maximum Gasteiger partial charge on any atom is 0.387 e. The van der Waals surface area contributed by atoms with Crippen molar-refractivity contribution < 1.29 is 31.3 Å². The predicted octanol–water partition coefficient (Wildman–Crippen LogP) is 1.25. The summed E-state index contributed by atoms with van der Waals surface area (Å²) in [4.78, 5) is 12.4. The molecule has 1 aliphatic rings. The number of alkyl halides is 2. The van der Waals surface area contributed by atoms with Crippen LogP contribution in [0, 0.1) is 0 Å². The smallest absolute Gasteiger partial charge is 0.387 e. The molecule has 1 aromatic rings. The van der Waals surface area contributed by atoms with Crippen LogP contribution in [0.25, 0.3) is 0 Å². The van der Waals surface area contributed by atoms with E-state index in [1.54, 1.807) is 0 Å². The number of nitrogens with zero attached hydrogens (tertiary/aromatic N) is 1. The fourth-order valence-corrected chi connectivity index (χ4v) is 3.07. The standard InChI is InChI=1S/C13H12F2N2O5S/c14-13(15)22-9-5-3-8(4-6-9)17-7-1-2-10(11(16)18)12(17)23(19,20)21/h1-7,12-13H,(H2,16,18)(H,19,20,21). The lowest BCUT2D eigenvalue weighted by Crippen LogP contribution is -2.44. The lowest BCUT2D eigenvalue weighted by atomic mass is 10.1. The van der Waals surface area contributed by atoms with Gasteiger partial charge in [0.1, 0.15) is 5.75 Å². The summed E-state index contributed by atoms with van der Waals surface area (Å²) in [7, 11) is -4.69. The maximum atomic E-state index is 12.1. The van der Waals surface area contributed by atoms with Crippen LogP contribution in [0.3, 0.4) is 0 Å². The first-order valence-electron chi connectivity index (χ1n) is 6.18. The zero-order valence-corrected chi connectivity index (χ0v) is 12.3. The second-order valence-corrected chi connectivity index (χ2v) is 5.95. The van der Waals surface area contributed by atoms with Gasteiger partial charge in [0.25, 0.3) is 10.1 Å². The fourth-order valence-electron chi connectivity index (χ4n) is 2.08. The second kappa shape index (κ2) is 6.34. The molecule has 7 nitrogen and oxygen atoms in total. The fraction of sp³-hybridized carbons (Fsp3) is 0.154. The third-order valence-corrected chi connectivity index (χ3v) is 4.01. The van der Waals surface area contributed by atoms with Gasteiger partial charge in [-0.3, -0.25) is 9.35 Å². The van der Waals surface area contributed by atoms with E-state index in [0.717, 1.165) is 4.90 Å². The molecule has 0 fully saturated rings. The summed E-state index contributed by atoms with van der Waals surface area (Å²) in [6.45, 7) is -2.99. The Bertz CT molecular complexity index is 759. The highest BCUT2D eigenvalue weighted by Crippen LogP contribution is 2.29. The van der Waals surface area contributed by atoms with Gasteiger partial charge in [0.05, 0.1) is 5.57 Å². The number of amides is 1. The number of rotatable bonds is 5. The summed E-state index contributed by atoms with van der Waals surface area (Å²) < 4.78 is 61.0. The average Bonchev–Trinajstić information content (AvgIpc) is 2.45. The number of nitrogens with two attached hydrogens (primary N) is 1. The monoisotopic (exact) mass is 346 g/mol. The number of ether oxygens (including phenoxy) is 1. The molecule has 10 heteroatoms. The number of hydrogen-bond acceptors (Lipinski definition) is 5. The first-order valence-corrected chi connectivity index (χ1v) is 7.68. The van der Waals surface area contributed by atoms with E-state index in [-0.39, 0.29) is 17.0 Å². The molecule has 23 heavy (non-hydrogen) atoms. The van der Waals surface area contributed by atoms with Gasteiger partial charge in [-0.25, -0.2) is 0 Å². The van der Waals surface area contributed by atoms with E-state index in [2.05, 4.69) is 4.74 Å². The van der Waals surface area contributed by atoms with Crippen LogP contribution in [0.1, 0.15) is 0 Å². The van der Waals surface area contributed by atoms with Gasteiger partial charge in [0.15, 0.2) is 5.37 Å². The van der Waals surface area contributed by atoms with Crippen LogP contribution >= 0.6 is 0 Å². The lowest BCUT2D eigenvalue weighted by molar-refractivity contribution is -0.114. The predicted molar refractivity (Wildman–Crippen MR) is 77.3 cm³/mol. The summed E-state index contributed by atoms with van der Waals surface area (Å²) in [5.41, 5.74) is 5.02. The molecule has 0 saturated heterocycles. The van der Waals surface area contributed by atoms with Crippen molar-refractivity contribution in [3.05, 3.63) is 48.2 Å². The molecule has 0 radical (unpaired) electrons. The average molecular weight is 346 g/mol. The number of benzene rings is 1. The molecule has 0 aliphatic carbocycles. The molecule has 1 aliphatic heterocycles. The van der Waals surface area contributed by atoms with E-state index in [9.17, 15) is 26.5 Å². The molecular weight excluding hydrogens is 334 g/mol. The minimum absolute atomic E-state index is 0.126. The van der Waals surface area contributed by atoms with Crippen molar-refractivity contribution in [3.63, 3.8) is 0 Å². The SMILES string of the molecule is NC(=O)C1=CC=CN(c2ccc(OC(F)F)cc2)C1S(=O)(=O)O. The molecule has 1 aromatic carbocycles. The molecule has 1 amide bonds. The van der Waals surface area contributed by atoms with Crippen molar-refractivity contribution >= 4 is 21.7 Å². The van der Waals surface area contributed by atoms with Crippen molar-refractivity contribution in [2.45, 2.75) is 12.0 Å². The van der Waals surface area contributed by atoms with E-state index in [1.165, 1.54) is 42.6 Å². The number of halogens is 2. The Hall–Kier alpha value is -2.46. The van der Waals surface area contributed by atoms with Crippen LogP contribution in [0.2, 0.25) is 0 Å². The van der Waals surface area contributed by atoms with E-state index in [1.807, 2.05) is 0 Å². The quantitative estimate of drug-likeness (QED) is 0.777. The van der Waals surface area contributed by atoms with Crippen LogP contribution in [0.15, 0.2) is 48.2 Å². The molecule has 2 rings (SSSR count). The molecular formula is C13H12F2N2O5S. The van der Waals surface area contributed by atoms with Gasteiger partial charge < -0.3 is 15.4 Å². The molecule has 1 atom stereocenters. The van der Waals surface area contributed by atoms with Crippen LogP contribution < -0.4 is 15.4 Å². The van der Waals surface area contributed by atoms with Crippen LogP contribution in [-0.4, -0.2) is 30.9 Å². The number of carbonyl (C=O) groups excluding carboxylic acids is 1. The Morgan fingerprint density at radius 3 is 2.39 bits per heavy atom. The Balaban J connectivity index is 2.39. The largest absolute Gasteiger partial charge is 0.435 e. The van der Waals surface area contributed by atoms with Crippen molar-refractivity contribution in [2.75, 3.05) is 4.90 Å². The van der Waals surface area contributed by atoms with Crippen molar-refractivity contribution in [3.8, 4) is 5.75 Å². The molecule has 1 heterocycles. The third kappa shape index (κ3) is 3.85. The molecule has 0 bridgehead atoms. The summed E-state index contributed by atoms with van der Waals surface area (Å²) in [5.74, 6) is -1.14. The van der Waals surface area contributed by atoms with Gasteiger partial charge in [-0.05, 0) is 36.4 Å². The summed E-state index contributed by atoms with van der Waals surface area (Å²) in [5, 5.41) is -1.73. The first-order chi connectivity index (χ1) is 10.7. The van der Waals surface area contributed by atoms with Crippen LogP contribution in [0.4, 0.5) is 14.5 Å². The molecule has 0 aromatic heterocycles. The second-order valence-electron chi connectivity index (χ2n) is 4.47. The Morgan fingerprint density at radius 1 is 1.30 bits per heavy atom. The molecule has 124 valence electrons. The molecule has 1 unspecified atom stereocenters. The number of primary amides is 1. The first kappa shape index (κ1) is 16.9. The van der Waals surface area contributed by atoms with Crippen molar-refractivity contribution in [1.82, 2.24) is 0 Å². The van der Waals surface area contributed by atoms with E-state index >= 15 is 0 Å². The highest BCUT2D eigenvalue weighted by atomic mass is 32.2. The van der Waals surface area contributed by atoms with E-state index < -0.39 is 28.0 Å². The Morgan fingerprint density at radius 2 is 1.91 bits per heavy atom. The summed E-state index contributed by atoms with van der Waals surface area (Å²) in [6.07, 6.45) is 3.84. The highest BCUT2D eigenvalue weighted by Gasteiger charge is 2.36. The zero-order valence-electron chi connectivity index (χ0n) is 11.5. The van der Waals surface area contributed by atoms with Gasteiger partial charge in [0, 0.05) is 11.9 Å². The van der Waals surface area contributed by atoms with Gasteiger partial charge in [0.2, 0.25) is 5.91 Å². The zero-order chi connectivity index (χ0) is 17.2. The normalized spacial score (nSPS) is 18.0. The molecule has 0 saturated carbocycles. The minimum atomic E-state index is -4.69. The van der Waals surface area contributed by atoms with E-state index in [4.69, 9.17) is 5.73 Å². The molecule has 3 N–H and O–H groups in total. The molecule has 0 spiro atoms. The summed E-state index contributed by atoms with van der Waals surface area (Å²) in [6, 6.07) is 4.98. The van der Waals surface area contributed by atoms with Crippen molar-refractivity contribution in [1.29, 1.82) is 0 Å².